The molecule has 6 nitrogen and oxygen atoms in total. The van der Waals surface area contributed by atoms with Gasteiger partial charge in [0.2, 0.25) is 5.75 Å². The molecule has 30 heavy (non-hydrogen) atoms. The monoisotopic (exact) mass is 405 g/mol. The number of piperazine rings is 1. The summed E-state index contributed by atoms with van der Waals surface area (Å²) in [6.45, 7) is 4.61. The quantitative estimate of drug-likeness (QED) is 0.634. The van der Waals surface area contributed by atoms with Gasteiger partial charge in [-0.15, -0.1) is 0 Å². The Morgan fingerprint density at radius 1 is 0.933 bits per heavy atom. The maximum Gasteiger partial charge on any atom is 0.200 e. The molecule has 3 aromatic carbocycles. The molecule has 1 aliphatic rings. The molecular weight excluding hydrogens is 378 g/mol. The molecule has 3 aromatic rings. The van der Waals surface area contributed by atoms with Gasteiger partial charge in [-0.3, -0.25) is 9.91 Å². The predicted octanol–water partition coefficient (Wildman–Crippen LogP) is 3.71. The van der Waals surface area contributed by atoms with Gasteiger partial charge in [0.25, 0.3) is 0 Å². The molecule has 0 spiro atoms. The van der Waals surface area contributed by atoms with Crippen molar-refractivity contribution in [3.8, 4) is 17.2 Å². The highest BCUT2D eigenvalue weighted by molar-refractivity contribution is 5.85. The number of aromatic hydroxyl groups is 1. The van der Waals surface area contributed by atoms with Crippen molar-refractivity contribution in [3.63, 3.8) is 0 Å². The summed E-state index contributed by atoms with van der Waals surface area (Å²) < 4.78 is 10.4. The summed E-state index contributed by atoms with van der Waals surface area (Å²) in [5, 5.41) is 19.3. The van der Waals surface area contributed by atoms with Crippen LogP contribution in [0.15, 0.2) is 59.7 Å². The number of phenolic OH excluding ortho intramolecular Hbond substituents is 1. The lowest BCUT2D eigenvalue weighted by molar-refractivity contribution is 0.131. The molecular formula is C24H27N3O3. The maximum absolute atomic E-state index is 10.0. The summed E-state index contributed by atoms with van der Waals surface area (Å²) in [5.41, 5.74) is 2.19. The molecule has 1 fully saturated rings. The third-order valence-electron chi connectivity index (χ3n) is 5.49. The van der Waals surface area contributed by atoms with Crippen LogP contribution in [0, 0.1) is 0 Å². The number of phenols is 1. The molecule has 0 radical (unpaired) electrons. The van der Waals surface area contributed by atoms with E-state index < -0.39 is 0 Å². The summed E-state index contributed by atoms with van der Waals surface area (Å²) in [6.07, 6.45) is 1.78. The number of hydrogen-bond acceptors (Lipinski definition) is 6. The van der Waals surface area contributed by atoms with Crippen LogP contribution in [-0.2, 0) is 6.54 Å². The first kappa shape index (κ1) is 20.0. The second kappa shape index (κ2) is 9.05. The highest BCUT2D eigenvalue weighted by atomic mass is 16.5. The molecule has 1 aliphatic heterocycles. The zero-order chi connectivity index (χ0) is 20.9. The van der Waals surface area contributed by atoms with Gasteiger partial charge >= 0.3 is 0 Å². The van der Waals surface area contributed by atoms with Crippen LogP contribution >= 0.6 is 0 Å². The Bertz CT molecular complexity index is 1010. The molecule has 0 saturated carbocycles. The highest BCUT2D eigenvalue weighted by Crippen LogP contribution is 2.36. The number of nitrogens with zero attached hydrogens (tertiary/aromatic N) is 3. The van der Waals surface area contributed by atoms with Crippen molar-refractivity contribution in [2.24, 2.45) is 5.10 Å². The molecule has 4 rings (SSSR count). The number of benzene rings is 3. The third kappa shape index (κ3) is 4.33. The Hall–Kier alpha value is -3.25. The maximum atomic E-state index is 10.0. The minimum atomic E-state index is -0.000741. The second-order valence-electron chi connectivity index (χ2n) is 7.39. The summed E-state index contributed by atoms with van der Waals surface area (Å²) in [4.78, 5) is 2.47. The molecule has 0 bridgehead atoms. The Morgan fingerprint density at radius 3 is 2.30 bits per heavy atom. The molecule has 1 saturated heterocycles. The lowest BCUT2D eigenvalue weighted by atomic mass is 10.0. The van der Waals surface area contributed by atoms with Crippen LogP contribution in [0.3, 0.4) is 0 Å². The minimum absolute atomic E-state index is 0.000741. The summed E-state index contributed by atoms with van der Waals surface area (Å²) in [6, 6.07) is 18.6. The normalized spacial score (nSPS) is 15.1. The number of rotatable bonds is 6. The highest BCUT2D eigenvalue weighted by Gasteiger charge is 2.16. The Balaban J connectivity index is 1.38. The molecule has 0 amide bonds. The molecule has 0 aliphatic carbocycles. The van der Waals surface area contributed by atoms with Crippen LogP contribution in [0.4, 0.5) is 0 Å². The van der Waals surface area contributed by atoms with E-state index in [-0.39, 0.29) is 5.75 Å². The van der Waals surface area contributed by atoms with Crippen LogP contribution in [0.5, 0.6) is 17.2 Å². The molecule has 6 heteroatoms. The number of hydrazone groups is 1. The standard InChI is InChI=1S/C24H27N3O3/c1-29-22-14-18(15-23(30-2)24(22)28)16-25-27-12-10-26(11-13-27)17-20-8-5-7-19-6-3-4-9-21(19)20/h3-9,14-16,28H,10-13,17H2,1-2H3. The van der Waals surface area contributed by atoms with Crippen molar-refractivity contribution >= 4 is 17.0 Å². The van der Waals surface area contributed by atoms with Crippen molar-refractivity contribution in [1.82, 2.24) is 9.91 Å². The van der Waals surface area contributed by atoms with Crippen molar-refractivity contribution in [2.45, 2.75) is 6.54 Å². The van der Waals surface area contributed by atoms with E-state index in [4.69, 9.17) is 9.47 Å². The summed E-state index contributed by atoms with van der Waals surface area (Å²) >= 11 is 0. The van der Waals surface area contributed by atoms with Gasteiger partial charge in [0.05, 0.1) is 20.4 Å². The van der Waals surface area contributed by atoms with E-state index in [1.54, 1.807) is 18.3 Å². The van der Waals surface area contributed by atoms with Crippen molar-refractivity contribution in [3.05, 3.63) is 65.7 Å². The molecule has 1 heterocycles. The van der Waals surface area contributed by atoms with Gasteiger partial charge in [0.1, 0.15) is 0 Å². The zero-order valence-electron chi connectivity index (χ0n) is 17.4. The minimum Gasteiger partial charge on any atom is -0.502 e. The van der Waals surface area contributed by atoms with E-state index in [0.29, 0.717) is 11.5 Å². The number of hydrogen-bond donors (Lipinski definition) is 1. The van der Waals surface area contributed by atoms with E-state index in [9.17, 15) is 5.11 Å². The first-order chi connectivity index (χ1) is 14.7. The fourth-order valence-corrected chi connectivity index (χ4v) is 3.82. The van der Waals surface area contributed by atoms with Crippen LogP contribution in [-0.4, -0.2) is 61.6 Å². The SMILES string of the molecule is COc1cc(C=NN2CCN(Cc3cccc4ccccc34)CC2)cc(OC)c1O. The van der Waals surface area contributed by atoms with E-state index in [0.717, 1.165) is 38.3 Å². The van der Waals surface area contributed by atoms with Crippen molar-refractivity contribution < 1.29 is 14.6 Å². The summed E-state index contributed by atoms with van der Waals surface area (Å²) in [5.74, 6) is 0.741. The van der Waals surface area contributed by atoms with Gasteiger partial charge in [-0.2, -0.15) is 5.10 Å². The Kier molecular flexibility index (Phi) is 6.05. The van der Waals surface area contributed by atoms with Gasteiger partial charge in [-0.1, -0.05) is 42.5 Å². The molecule has 0 atom stereocenters. The molecule has 156 valence electrons. The Morgan fingerprint density at radius 2 is 1.60 bits per heavy atom. The van der Waals surface area contributed by atoms with Crippen LogP contribution in [0.25, 0.3) is 10.8 Å². The lowest BCUT2D eigenvalue weighted by Gasteiger charge is -2.33. The smallest absolute Gasteiger partial charge is 0.200 e. The summed E-state index contributed by atoms with van der Waals surface area (Å²) in [7, 11) is 3.04. The second-order valence-corrected chi connectivity index (χ2v) is 7.39. The van der Waals surface area contributed by atoms with Gasteiger partial charge < -0.3 is 14.6 Å². The topological polar surface area (TPSA) is 57.5 Å². The van der Waals surface area contributed by atoms with Gasteiger partial charge in [0, 0.05) is 38.3 Å². The van der Waals surface area contributed by atoms with Gasteiger partial charge in [0.15, 0.2) is 11.5 Å². The predicted molar refractivity (Wildman–Crippen MR) is 120 cm³/mol. The van der Waals surface area contributed by atoms with E-state index in [2.05, 4.69) is 57.5 Å². The van der Waals surface area contributed by atoms with Crippen LogP contribution in [0.2, 0.25) is 0 Å². The van der Waals surface area contributed by atoms with Gasteiger partial charge in [-0.05, 0) is 28.5 Å². The average Bonchev–Trinajstić information content (AvgIpc) is 2.79. The number of ether oxygens (including phenoxy) is 2. The van der Waals surface area contributed by atoms with Crippen molar-refractivity contribution in [1.29, 1.82) is 0 Å². The van der Waals surface area contributed by atoms with Gasteiger partial charge in [-0.25, -0.2) is 0 Å². The number of methoxy groups -OCH3 is 2. The first-order valence-corrected chi connectivity index (χ1v) is 10.1. The van der Waals surface area contributed by atoms with Crippen molar-refractivity contribution in [2.75, 3.05) is 40.4 Å². The van der Waals surface area contributed by atoms with Crippen LogP contribution in [0.1, 0.15) is 11.1 Å². The molecule has 0 unspecified atom stereocenters. The van der Waals surface area contributed by atoms with E-state index in [1.807, 2.05) is 0 Å². The third-order valence-corrected chi connectivity index (χ3v) is 5.49. The van der Waals surface area contributed by atoms with E-state index in [1.165, 1.54) is 30.6 Å². The number of fused-ring (bicyclic) bond motifs is 1. The first-order valence-electron chi connectivity index (χ1n) is 10.1. The lowest BCUT2D eigenvalue weighted by Crippen LogP contribution is -2.43. The fourth-order valence-electron chi connectivity index (χ4n) is 3.82. The molecule has 0 aromatic heterocycles. The zero-order valence-corrected chi connectivity index (χ0v) is 17.4. The fraction of sp³-hybridized carbons (Fsp3) is 0.292. The largest absolute Gasteiger partial charge is 0.502 e. The average molecular weight is 405 g/mol. The van der Waals surface area contributed by atoms with E-state index >= 15 is 0 Å². The Labute approximate surface area is 176 Å². The molecule has 1 N–H and O–H groups in total. The van der Waals surface area contributed by atoms with Crippen LogP contribution < -0.4 is 9.47 Å².